The minimum atomic E-state index is 0.646. The maximum absolute atomic E-state index is 3.33. The Morgan fingerprint density at radius 1 is 1.12 bits per heavy atom. The van der Waals surface area contributed by atoms with Crippen LogP contribution in [-0.4, -0.2) is 13.6 Å². The van der Waals surface area contributed by atoms with Crippen LogP contribution >= 0.6 is 0 Å². The van der Waals surface area contributed by atoms with Crippen LogP contribution in [0.25, 0.3) is 0 Å². The first-order chi connectivity index (χ1) is 8.22. The number of likely N-dealkylation sites (N-methyl/N-ethyl adjacent to an activating group) is 1. The van der Waals surface area contributed by atoms with E-state index in [4.69, 9.17) is 0 Å². The lowest BCUT2D eigenvalue weighted by atomic mass is 9.83. The SMILES string of the molecule is CNCC(c1ccc2c(c1)CCCC2)C(C)C. The number of hydrogen-bond donors (Lipinski definition) is 1. The lowest BCUT2D eigenvalue weighted by Crippen LogP contribution is -2.21. The van der Waals surface area contributed by atoms with Crippen molar-refractivity contribution in [3.8, 4) is 0 Å². The monoisotopic (exact) mass is 231 g/mol. The lowest BCUT2D eigenvalue weighted by Gasteiger charge is -2.24. The van der Waals surface area contributed by atoms with Gasteiger partial charge in [0.15, 0.2) is 0 Å². The average Bonchev–Trinajstić information content (AvgIpc) is 2.35. The number of benzene rings is 1. The molecule has 1 heteroatoms. The summed E-state index contributed by atoms with van der Waals surface area (Å²) in [5.74, 6) is 1.34. The van der Waals surface area contributed by atoms with Crippen LogP contribution in [0.5, 0.6) is 0 Å². The fourth-order valence-corrected chi connectivity index (χ4v) is 2.94. The molecule has 0 saturated carbocycles. The highest BCUT2D eigenvalue weighted by molar-refractivity contribution is 5.35. The van der Waals surface area contributed by atoms with Gasteiger partial charge in [0, 0.05) is 6.54 Å². The van der Waals surface area contributed by atoms with Gasteiger partial charge in [-0.25, -0.2) is 0 Å². The maximum atomic E-state index is 3.33. The third-order valence-corrected chi connectivity index (χ3v) is 4.03. The molecule has 0 radical (unpaired) electrons. The number of rotatable bonds is 4. The van der Waals surface area contributed by atoms with Gasteiger partial charge in [-0.15, -0.1) is 0 Å². The summed E-state index contributed by atoms with van der Waals surface area (Å²) in [6.07, 6.45) is 5.31. The van der Waals surface area contributed by atoms with E-state index in [9.17, 15) is 0 Å². The molecule has 0 saturated heterocycles. The average molecular weight is 231 g/mol. The molecule has 1 aromatic carbocycles. The zero-order valence-corrected chi connectivity index (χ0v) is 11.4. The van der Waals surface area contributed by atoms with E-state index < -0.39 is 0 Å². The zero-order chi connectivity index (χ0) is 12.3. The van der Waals surface area contributed by atoms with E-state index in [1.165, 1.54) is 31.2 Å². The zero-order valence-electron chi connectivity index (χ0n) is 11.4. The molecule has 0 aromatic heterocycles. The van der Waals surface area contributed by atoms with Crippen molar-refractivity contribution >= 4 is 0 Å². The first-order valence-corrected chi connectivity index (χ1v) is 6.98. The summed E-state index contributed by atoms with van der Waals surface area (Å²) in [6.45, 7) is 5.72. The summed E-state index contributed by atoms with van der Waals surface area (Å²) in [7, 11) is 2.05. The van der Waals surface area contributed by atoms with Crippen LogP contribution in [0.2, 0.25) is 0 Å². The molecule has 0 bridgehead atoms. The van der Waals surface area contributed by atoms with Crippen LogP contribution in [0.3, 0.4) is 0 Å². The second-order valence-corrected chi connectivity index (χ2v) is 5.64. The summed E-state index contributed by atoms with van der Waals surface area (Å²) >= 11 is 0. The largest absolute Gasteiger partial charge is 0.319 e. The molecule has 2 rings (SSSR count). The number of nitrogens with one attached hydrogen (secondary N) is 1. The molecule has 0 fully saturated rings. The van der Waals surface area contributed by atoms with Crippen LogP contribution in [0.1, 0.15) is 49.3 Å². The molecule has 94 valence electrons. The Morgan fingerprint density at radius 3 is 2.47 bits per heavy atom. The first kappa shape index (κ1) is 12.6. The summed E-state index contributed by atoms with van der Waals surface area (Å²) in [5, 5.41) is 3.33. The Hall–Kier alpha value is -0.820. The summed E-state index contributed by atoms with van der Waals surface area (Å²) < 4.78 is 0. The minimum Gasteiger partial charge on any atom is -0.319 e. The third-order valence-electron chi connectivity index (χ3n) is 4.03. The summed E-state index contributed by atoms with van der Waals surface area (Å²) in [4.78, 5) is 0. The van der Waals surface area contributed by atoms with Crippen LogP contribution < -0.4 is 5.32 Å². The fraction of sp³-hybridized carbons (Fsp3) is 0.625. The van der Waals surface area contributed by atoms with E-state index in [-0.39, 0.29) is 0 Å². The molecule has 1 aliphatic carbocycles. The van der Waals surface area contributed by atoms with Gasteiger partial charge < -0.3 is 5.32 Å². The highest BCUT2D eigenvalue weighted by atomic mass is 14.8. The molecule has 1 aliphatic rings. The molecule has 0 aliphatic heterocycles. The predicted molar refractivity (Wildman–Crippen MR) is 74.6 cm³/mol. The molecule has 1 N–H and O–H groups in total. The summed E-state index contributed by atoms with van der Waals surface area (Å²) in [5.41, 5.74) is 4.72. The smallest absolute Gasteiger partial charge is 0.00196 e. The van der Waals surface area contributed by atoms with Crippen LogP contribution in [0.4, 0.5) is 0 Å². The van der Waals surface area contributed by atoms with Crippen molar-refractivity contribution in [2.75, 3.05) is 13.6 Å². The van der Waals surface area contributed by atoms with Crippen molar-refractivity contribution in [3.05, 3.63) is 34.9 Å². The molecule has 0 heterocycles. The highest BCUT2D eigenvalue weighted by Crippen LogP contribution is 2.28. The van der Waals surface area contributed by atoms with E-state index >= 15 is 0 Å². The van der Waals surface area contributed by atoms with Gasteiger partial charge >= 0.3 is 0 Å². The van der Waals surface area contributed by atoms with E-state index in [1.54, 1.807) is 11.1 Å². The third kappa shape index (κ3) is 2.90. The fourth-order valence-electron chi connectivity index (χ4n) is 2.94. The molecule has 1 atom stereocenters. The molecule has 17 heavy (non-hydrogen) atoms. The number of hydrogen-bond acceptors (Lipinski definition) is 1. The second kappa shape index (κ2) is 5.68. The van der Waals surface area contributed by atoms with Gasteiger partial charge in [0.25, 0.3) is 0 Å². The van der Waals surface area contributed by atoms with Gasteiger partial charge in [-0.2, -0.15) is 0 Å². The first-order valence-electron chi connectivity index (χ1n) is 6.98. The number of fused-ring (bicyclic) bond motifs is 1. The van der Waals surface area contributed by atoms with Crippen molar-refractivity contribution in [2.45, 2.75) is 45.4 Å². The topological polar surface area (TPSA) is 12.0 Å². The van der Waals surface area contributed by atoms with Crippen LogP contribution in [-0.2, 0) is 12.8 Å². The molecular formula is C16H25N. The molecule has 0 spiro atoms. The standard InChI is InChI=1S/C16H25N/c1-12(2)16(11-17-3)15-9-8-13-6-4-5-7-14(13)10-15/h8-10,12,16-17H,4-7,11H2,1-3H3. The van der Waals surface area contributed by atoms with E-state index in [1.807, 2.05) is 7.05 Å². The normalized spacial score (nSPS) is 16.9. The van der Waals surface area contributed by atoms with Crippen molar-refractivity contribution < 1.29 is 0 Å². The van der Waals surface area contributed by atoms with Crippen LogP contribution in [0, 0.1) is 5.92 Å². The highest BCUT2D eigenvalue weighted by Gasteiger charge is 2.17. The lowest BCUT2D eigenvalue weighted by molar-refractivity contribution is 0.477. The molecule has 1 nitrogen and oxygen atoms in total. The predicted octanol–water partition coefficient (Wildman–Crippen LogP) is 3.52. The Labute approximate surface area is 106 Å². The molecule has 0 amide bonds. The Morgan fingerprint density at radius 2 is 1.82 bits per heavy atom. The van der Waals surface area contributed by atoms with Gasteiger partial charge in [-0.3, -0.25) is 0 Å². The van der Waals surface area contributed by atoms with Gasteiger partial charge in [0.2, 0.25) is 0 Å². The Balaban J connectivity index is 2.25. The summed E-state index contributed by atoms with van der Waals surface area (Å²) in [6, 6.07) is 7.19. The van der Waals surface area contributed by atoms with Crippen molar-refractivity contribution in [1.82, 2.24) is 5.32 Å². The van der Waals surface area contributed by atoms with Gasteiger partial charge in [0.05, 0.1) is 0 Å². The maximum Gasteiger partial charge on any atom is 0.00196 e. The van der Waals surface area contributed by atoms with Gasteiger partial charge in [-0.1, -0.05) is 32.0 Å². The Bertz CT molecular complexity index is 368. The van der Waals surface area contributed by atoms with E-state index in [2.05, 4.69) is 37.4 Å². The molecular weight excluding hydrogens is 206 g/mol. The minimum absolute atomic E-state index is 0.646. The van der Waals surface area contributed by atoms with Crippen molar-refractivity contribution in [2.24, 2.45) is 5.92 Å². The number of aryl methyl sites for hydroxylation is 2. The van der Waals surface area contributed by atoms with Gasteiger partial charge in [0.1, 0.15) is 0 Å². The second-order valence-electron chi connectivity index (χ2n) is 5.64. The van der Waals surface area contributed by atoms with Crippen molar-refractivity contribution in [1.29, 1.82) is 0 Å². The van der Waals surface area contributed by atoms with Gasteiger partial charge in [-0.05, 0) is 61.3 Å². The molecule has 1 aromatic rings. The van der Waals surface area contributed by atoms with E-state index in [0.717, 1.165) is 6.54 Å². The van der Waals surface area contributed by atoms with E-state index in [0.29, 0.717) is 11.8 Å². The quantitative estimate of drug-likeness (QED) is 0.836. The van der Waals surface area contributed by atoms with Crippen LogP contribution in [0.15, 0.2) is 18.2 Å². The van der Waals surface area contributed by atoms with Crippen molar-refractivity contribution in [3.63, 3.8) is 0 Å². The molecule has 1 unspecified atom stereocenters. The Kier molecular flexibility index (Phi) is 4.22.